The molecular weight excluding hydrogens is 290 g/mol. The molecule has 5 nitrogen and oxygen atoms in total. The number of nitrogens with zero attached hydrogens (tertiary/aromatic N) is 3. The quantitative estimate of drug-likeness (QED) is 0.813. The molecular formula is C18H27N3O2. The van der Waals surface area contributed by atoms with E-state index in [1.165, 1.54) is 5.56 Å². The van der Waals surface area contributed by atoms with Crippen LogP contribution in [0.2, 0.25) is 0 Å². The van der Waals surface area contributed by atoms with Crippen LogP contribution in [0.3, 0.4) is 0 Å². The predicted molar refractivity (Wildman–Crippen MR) is 91.2 cm³/mol. The lowest BCUT2D eigenvalue weighted by atomic mass is 10.1. The summed E-state index contributed by atoms with van der Waals surface area (Å²) < 4.78 is 7.72. The van der Waals surface area contributed by atoms with Crippen LogP contribution in [0.5, 0.6) is 5.75 Å². The molecule has 0 amide bonds. The maximum Gasteiger partial charge on any atom is 0.146 e. The molecule has 0 aliphatic carbocycles. The highest BCUT2D eigenvalue weighted by Crippen LogP contribution is 2.16. The Labute approximate surface area is 138 Å². The largest absolute Gasteiger partial charge is 0.486 e. The van der Waals surface area contributed by atoms with E-state index in [2.05, 4.69) is 35.9 Å². The number of benzene rings is 1. The minimum absolute atomic E-state index is 0.321. The van der Waals surface area contributed by atoms with Gasteiger partial charge in [0.15, 0.2) is 0 Å². The van der Waals surface area contributed by atoms with Gasteiger partial charge in [-0.25, -0.2) is 4.98 Å². The minimum atomic E-state index is -0.321. The van der Waals surface area contributed by atoms with E-state index in [0.29, 0.717) is 19.2 Å². The second-order valence-corrected chi connectivity index (χ2v) is 6.26. The van der Waals surface area contributed by atoms with E-state index in [1.807, 2.05) is 36.9 Å². The average Bonchev–Trinajstić information content (AvgIpc) is 2.90. The summed E-state index contributed by atoms with van der Waals surface area (Å²) in [6.45, 7) is 8.07. The third kappa shape index (κ3) is 5.37. The van der Waals surface area contributed by atoms with Gasteiger partial charge < -0.3 is 14.4 Å². The van der Waals surface area contributed by atoms with E-state index in [9.17, 15) is 5.11 Å². The molecule has 1 aromatic heterocycles. The zero-order valence-corrected chi connectivity index (χ0v) is 14.4. The number of aliphatic hydroxyl groups excluding tert-OH is 1. The van der Waals surface area contributed by atoms with Gasteiger partial charge in [0.25, 0.3) is 0 Å². The van der Waals surface area contributed by atoms with E-state index >= 15 is 0 Å². The highest BCUT2D eigenvalue weighted by Gasteiger charge is 2.12. The van der Waals surface area contributed by atoms with Gasteiger partial charge in [-0.2, -0.15) is 0 Å². The number of aliphatic hydroxyl groups is 1. The second kappa shape index (κ2) is 8.13. The molecule has 1 heterocycles. The van der Waals surface area contributed by atoms with Gasteiger partial charge in [0.05, 0.1) is 6.10 Å². The van der Waals surface area contributed by atoms with Gasteiger partial charge in [-0.1, -0.05) is 12.1 Å². The molecule has 1 aromatic carbocycles. The number of hydrogen-bond acceptors (Lipinski definition) is 4. The lowest BCUT2D eigenvalue weighted by molar-refractivity contribution is 0.103. The molecule has 2 aromatic rings. The first kappa shape index (κ1) is 17.5. The van der Waals surface area contributed by atoms with Gasteiger partial charge >= 0.3 is 0 Å². The molecule has 1 atom stereocenters. The van der Waals surface area contributed by atoms with Crippen LogP contribution < -0.4 is 4.74 Å². The molecule has 0 bridgehead atoms. The molecule has 0 radical (unpaired) electrons. The van der Waals surface area contributed by atoms with Gasteiger partial charge in [0, 0.05) is 38.6 Å². The van der Waals surface area contributed by atoms with Gasteiger partial charge in [0.1, 0.15) is 18.2 Å². The summed E-state index contributed by atoms with van der Waals surface area (Å²) in [6, 6.07) is 8.51. The van der Waals surface area contributed by atoms with Crippen LogP contribution in [0.4, 0.5) is 0 Å². The molecule has 0 aliphatic rings. The summed E-state index contributed by atoms with van der Waals surface area (Å²) in [5.74, 6) is 1.74. The molecule has 1 N–H and O–H groups in total. The summed E-state index contributed by atoms with van der Waals surface area (Å²) in [5, 5.41) is 9.61. The Kier molecular flexibility index (Phi) is 6.19. The molecule has 5 heteroatoms. The lowest BCUT2D eigenvalue weighted by Gasteiger charge is -2.27. The van der Waals surface area contributed by atoms with Crippen molar-refractivity contribution < 1.29 is 9.84 Å². The summed E-state index contributed by atoms with van der Waals surface area (Å²) in [6.07, 6.45) is 3.35. The zero-order valence-electron chi connectivity index (χ0n) is 14.4. The first-order valence-corrected chi connectivity index (χ1v) is 8.05. The van der Waals surface area contributed by atoms with Gasteiger partial charge in [-0.05, 0) is 38.5 Å². The molecule has 0 saturated heterocycles. The highest BCUT2D eigenvalue weighted by atomic mass is 16.5. The van der Waals surface area contributed by atoms with Gasteiger partial charge in [-0.3, -0.25) is 4.90 Å². The molecule has 0 fully saturated rings. The zero-order chi connectivity index (χ0) is 16.8. The van der Waals surface area contributed by atoms with E-state index in [1.54, 1.807) is 6.20 Å². The summed E-state index contributed by atoms with van der Waals surface area (Å²) in [7, 11) is 1.96. The van der Waals surface area contributed by atoms with E-state index in [-0.39, 0.29) is 6.10 Å². The van der Waals surface area contributed by atoms with Crippen LogP contribution in [-0.4, -0.2) is 38.2 Å². The molecule has 0 aliphatic heterocycles. The van der Waals surface area contributed by atoms with Crippen LogP contribution in [0.15, 0.2) is 36.7 Å². The summed E-state index contributed by atoms with van der Waals surface area (Å²) in [5.41, 5.74) is 1.21. The Hall–Kier alpha value is -1.85. The van der Waals surface area contributed by atoms with Crippen LogP contribution >= 0.6 is 0 Å². The summed E-state index contributed by atoms with van der Waals surface area (Å²) >= 11 is 0. The van der Waals surface area contributed by atoms with Crippen molar-refractivity contribution in [3.05, 3.63) is 48.0 Å². The smallest absolute Gasteiger partial charge is 0.146 e. The topological polar surface area (TPSA) is 50.5 Å². The Bertz CT molecular complexity index is 591. The molecule has 2 rings (SSSR count). The third-order valence-electron chi connectivity index (χ3n) is 3.83. The van der Waals surface area contributed by atoms with E-state index in [0.717, 1.165) is 18.1 Å². The van der Waals surface area contributed by atoms with Crippen molar-refractivity contribution >= 4 is 0 Å². The first-order chi connectivity index (χ1) is 11.0. The normalized spacial score (nSPS) is 12.8. The maximum atomic E-state index is 9.61. The molecule has 1 unspecified atom stereocenters. The van der Waals surface area contributed by atoms with Crippen molar-refractivity contribution in [3.63, 3.8) is 0 Å². The molecule has 0 spiro atoms. The van der Waals surface area contributed by atoms with Crippen molar-refractivity contribution in [1.29, 1.82) is 0 Å². The summed E-state index contributed by atoms with van der Waals surface area (Å²) in [4.78, 5) is 6.50. The van der Waals surface area contributed by atoms with Gasteiger partial charge in [-0.15, -0.1) is 0 Å². The standard InChI is InChI=1S/C18H27N3O2/c1-14(2)21(11-15(3)22)12-16-5-7-17(8-6-16)23-13-18-19-9-10-20(18)4/h5-10,14-15,22H,11-13H2,1-4H3. The monoisotopic (exact) mass is 317 g/mol. The number of ether oxygens (including phenoxy) is 1. The van der Waals surface area contributed by atoms with Crippen LogP contribution in [-0.2, 0) is 20.2 Å². The lowest BCUT2D eigenvalue weighted by Crippen LogP contribution is -2.36. The Morgan fingerprint density at radius 1 is 1.22 bits per heavy atom. The number of hydrogen-bond donors (Lipinski definition) is 1. The number of imidazole rings is 1. The first-order valence-electron chi connectivity index (χ1n) is 8.05. The fourth-order valence-electron chi connectivity index (χ4n) is 2.41. The van der Waals surface area contributed by atoms with Crippen molar-refractivity contribution in [2.24, 2.45) is 7.05 Å². The fraction of sp³-hybridized carbons (Fsp3) is 0.500. The van der Waals surface area contributed by atoms with Crippen LogP contribution in [0, 0.1) is 0 Å². The van der Waals surface area contributed by atoms with Crippen molar-refractivity contribution in [2.45, 2.75) is 46.1 Å². The number of aromatic nitrogens is 2. The van der Waals surface area contributed by atoms with Crippen LogP contribution in [0.1, 0.15) is 32.2 Å². The van der Waals surface area contributed by atoms with E-state index in [4.69, 9.17) is 4.74 Å². The van der Waals surface area contributed by atoms with E-state index < -0.39 is 0 Å². The highest BCUT2D eigenvalue weighted by molar-refractivity contribution is 5.27. The van der Waals surface area contributed by atoms with Crippen molar-refractivity contribution in [2.75, 3.05) is 6.54 Å². The Morgan fingerprint density at radius 2 is 1.91 bits per heavy atom. The predicted octanol–water partition coefficient (Wildman–Crippen LogP) is 2.59. The Balaban J connectivity index is 1.92. The SMILES string of the molecule is CC(O)CN(Cc1ccc(OCc2nccn2C)cc1)C(C)C. The average molecular weight is 317 g/mol. The maximum absolute atomic E-state index is 9.61. The van der Waals surface area contributed by atoms with Crippen molar-refractivity contribution in [3.8, 4) is 5.75 Å². The minimum Gasteiger partial charge on any atom is -0.486 e. The molecule has 23 heavy (non-hydrogen) atoms. The fourth-order valence-corrected chi connectivity index (χ4v) is 2.41. The van der Waals surface area contributed by atoms with Crippen molar-refractivity contribution in [1.82, 2.24) is 14.5 Å². The molecule has 0 saturated carbocycles. The number of rotatable bonds is 8. The van der Waals surface area contributed by atoms with Gasteiger partial charge in [0.2, 0.25) is 0 Å². The molecule has 126 valence electrons. The second-order valence-electron chi connectivity index (χ2n) is 6.26. The van der Waals surface area contributed by atoms with Crippen LogP contribution in [0.25, 0.3) is 0 Å². The Morgan fingerprint density at radius 3 is 2.43 bits per heavy atom. The third-order valence-corrected chi connectivity index (χ3v) is 3.83. The number of aryl methyl sites for hydroxylation is 1.